The van der Waals surface area contributed by atoms with Crippen molar-refractivity contribution < 1.29 is 18.4 Å². The number of esters is 1. The minimum atomic E-state index is -0.418. The molecule has 0 saturated heterocycles. The first-order chi connectivity index (χ1) is 7.61. The molecule has 1 aromatic carbocycles. The second-order valence-corrected chi connectivity index (χ2v) is 4.14. The molecule has 4 nitrogen and oxygen atoms in total. The van der Waals surface area contributed by atoms with Gasteiger partial charge in [0.05, 0.1) is 12.2 Å². The summed E-state index contributed by atoms with van der Waals surface area (Å²) in [6, 6.07) is 3.16. The minimum absolute atomic E-state index is 0.0305. The first-order valence-corrected chi connectivity index (χ1v) is 5.72. The lowest BCUT2D eigenvalue weighted by Crippen LogP contribution is -2.05. The number of hydrogen-bond acceptors (Lipinski definition) is 5. The van der Waals surface area contributed by atoms with Crippen molar-refractivity contribution in [1.29, 1.82) is 0 Å². The van der Waals surface area contributed by atoms with Gasteiger partial charge in [0.1, 0.15) is 0 Å². The molecule has 0 spiro atoms. The van der Waals surface area contributed by atoms with Gasteiger partial charge in [-0.25, -0.2) is 4.79 Å². The molecule has 0 fully saturated rings. The van der Waals surface area contributed by atoms with Gasteiger partial charge in [-0.3, -0.25) is 0 Å². The van der Waals surface area contributed by atoms with Gasteiger partial charge in [-0.15, -0.1) is 0 Å². The summed E-state index contributed by atoms with van der Waals surface area (Å²) >= 11 is 8.01. The van der Waals surface area contributed by atoms with Gasteiger partial charge in [0.25, 0.3) is 0 Å². The predicted molar refractivity (Wildman–Crippen MR) is 63.0 cm³/mol. The Hall–Kier alpha value is -1.14. The molecular formula is C10H7BrO4S. The van der Waals surface area contributed by atoms with Crippen LogP contribution in [0.1, 0.15) is 17.3 Å². The van der Waals surface area contributed by atoms with E-state index >= 15 is 0 Å². The summed E-state index contributed by atoms with van der Waals surface area (Å²) in [6.07, 6.45) is 0. The van der Waals surface area contributed by atoms with Gasteiger partial charge in [-0.2, -0.15) is 0 Å². The molecule has 84 valence electrons. The Morgan fingerprint density at radius 3 is 2.69 bits per heavy atom. The van der Waals surface area contributed by atoms with Crippen molar-refractivity contribution in [2.24, 2.45) is 0 Å². The topological polar surface area (TPSA) is 52.6 Å². The van der Waals surface area contributed by atoms with Crippen LogP contribution < -0.4 is 0 Å². The number of ether oxygens (including phenoxy) is 1. The number of carbonyl (C=O) groups is 1. The molecule has 2 aromatic rings. The molecule has 0 aliphatic heterocycles. The average Bonchev–Trinajstić information content (AvgIpc) is 2.56. The summed E-state index contributed by atoms with van der Waals surface area (Å²) in [5.74, 6) is -0.418. The predicted octanol–water partition coefficient (Wildman–Crippen LogP) is 3.69. The number of benzene rings is 1. The molecule has 0 N–H and O–H groups in total. The maximum Gasteiger partial charge on any atom is 0.363 e. The zero-order chi connectivity index (χ0) is 11.7. The van der Waals surface area contributed by atoms with Crippen molar-refractivity contribution in [2.75, 3.05) is 6.61 Å². The Bertz CT molecular complexity index is 598. The zero-order valence-corrected chi connectivity index (χ0v) is 10.7. The number of halogens is 1. The standard InChI is InChI=1S/C10H7BrO4S/c1-2-13-9(12)5-3-7-8(4-6(5)11)15-10(16)14-7/h3-4H,2H2,1H3. The maximum absolute atomic E-state index is 11.6. The highest BCUT2D eigenvalue weighted by molar-refractivity contribution is 9.10. The summed E-state index contributed by atoms with van der Waals surface area (Å²) < 4.78 is 15.7. The van der Waals surface area contributed by atoms with Gasteiger partial charge < -0.3 is 13.6 Å². The van der Waals surface area contributed by atoms with E-state index in [2.05, 4.69) is 15.9 Å². The molecule has 1 aromatic heterocycles. The first-order valence-electron chi connectivity index (χ1n) is 4.52. The van der Waals surface area contributed by atoms with Crippen molar-refractivity contribution in [1.82, 2.24) is 0 Å². The molecule has 0 amide bonds. The molecule has 0 bridgehead atoms. The van der Waals surface area contributed by atoms with E-state index in [4.69, 9.17) is 25.8 Å². The molecule has 2 rings (SSSR count). The van der Waals surface area contributed by atoms with E-state index in [0.29, 0.717) is 27.8 Å². The van der Waals surface area contributed by atoms with E-state index in [0.717, 1.165) is 0 Å². The van der Waals surface area contributed by atoms with E-state index in [1.54, 1.807) is 13.0 Å². The second kappa shape index (κ2) is 4.39. The maximum atomic E-state index is 11.6. The molecular weight excluding hydrogens is 296 g/mol. The van der Waals surface area contributed by atoms with Crippen LogP contribution in [0, 0.1) is 4.90 Å². The molecule has 0 saturated carbocycles. The Balaban J connectivity index is 2.57. The van der Waals surface area contributed by atoms with Crippen LogP contribution in [-0.4, -0.2) is 12.6 Å². The van der Waals surface area contributed by atoms with Crippen LogP contribution in [0.25, 0.3) is 11.2 Å². The van der Waals surface area contributed by atoms with Crippen molar-refractivity contribution in [3.05, 3.63) is 27.1 Å². The van der Waals surface area contributed by atoms with Crippen LogP contribution in [0.5, 0.6) is 0 Å². The van der Waals surface area contributed by atoms with Crippen LogP contribution in [0.2, 0.25) is 0 Å². The lowest BCUT2D eigenvalue weighted by atomic mass is 10.2. The third-order valence-corrected chi connectivity index (χ3v) is 2.74. The van der Waals surface area contributed by atoms with Crippen LogP contribution in [0.3, 0.4) is 0 Å². The summed E-state index contributed by atoms with van der Waals surface area (Å²) in [5.41, 5.74) is 1.30. The molecule has 0 radical (unpaired) electrons. The van der Waals surface area contributed by atoms with Crippen molar-refractivity contribution in [3.8, 4) is 0 Å². The van der Waals surface area contributed by atoms with Crippen molar-refractivity contribution in [3.63, 3.8) is 0 Å². The van der Waals surface area contributed by atoms with E-state index < -0.39 is 5.97 Å². The minimum Gasteiger partial charge on any atom is -0.462 e. The summed E-state index contributed by atoms with van der Waals surface area (Å²) in [7, 11) is 0. The fraction of sp³-hybridized carbons (Fsp3) is 0.200. The number of rotatable bonds is 2. The number of hydrogen-bond donors (Lipinski definition) is 0. The Kier molecular flexibility index (Phi) is 3.11. The third-order valence-electron chi connectivity index (χ3n) is 1.92. The second-order valence-electron chi connectivity index (χ2n) is 2.95. The van der Waals surface area contributed by atoms with Gasteiger partial charge >= 0.3 is 10.9 Å². The molecule has 0 aliphatic rings. The van der Waals surface area contributed by atoms with Crippen LogP contribution in [0.15, 0.2) is 25.4 Å². The van der Waals surface area contributed by atoms with E-state index in [-0.39, 0.29) is 4.90 Å². The van der Waals surface area contributed by atoms with Gasteiger partial charge in [0.2, 0.25) is 0 Å². The zero-order valence-electron chi connectivity index (χ0n) is 8.28. The molecule has 16 heavy (non-hydrogen) atoms. The Labute approximate surface area is 104 Å². The lowest BCUT2D eigenvalue weighted by Gasteiger charge is -2.02. The average molecular weight is 303 g/mol. The lowest BCUT2D eigenvalue weighted by molar-refractivity contribution is 0.0525. The van der Waals surface area contributed by atoms with E-state index in [1.807, 2.05) is 0 Å². The van der Waals surface area contributed by atoms with Crippen LogP contribution in [0.4, 0.5) is 0 Å². The van der Waals surface area contributed by atoms with Crippen LogP contribution in [-0.2, 0) is 4.74 Å². The first kappa shape index (κ1) is 11.3. The SMILES string of the molecule is CCOC(=O)c1cc2oc(=S)oc2cc1Br. The van der Waals surface area contributed by atoms with Gasteiger partial charge in [0, 0.05) is 22.8 Å². The fourth-order valence-corrected chi connectivity index (χ4v) is 1.92. The van der Waals surface area contributed by atoms with E-state index in [9.17, 15) is 4.79 Å². The van der Waals surface area contributed by atoms with Crippen molar-refractivity contribution >= 4 is 45.3 Å². The highest BCUT2D eigenvalue weighted by Crippen LogP contribution is 2.26. The molecule has 6 heteroatoms. The molecule has 0 atom stereocenters. The molecule has 0 unspecified atom stereocenters. The summed E-state index contributed by atoms with van der Waals surface area (Å²) in [6.45, 7) is 2.06. The summed E-state index contributed by atoms with van der Waals surface area (Å²) in [5, 5.41) is 0. The van der Waals surface area contributed by atoms with Gasteiger partial charge in [-0.1, -0.05) is 0 Å². The molecule has 1 heterocycles. The summed E-state index contributed by atoms with van der Waals surface area (Å²) in [4.78, 5) is 11.6. The highest BCUT2D eigenvalue weighted by Gasteiger charge is 2.15. The van der Waals surface area contributed by atoms with Crippen molar-refractivity contribution in [2.45, 2.75) is 6.92 Å². The van der Waals surface area contributed by atoms with E-state index in [1.165, 1.54) is 6.07 Å². The number of carbonyl (C=O) groups excluding carboxylic acids is 1. The largest absolute Gasteiger partial charge is 0.462 e. The van der Waals surface area contributed by atoms with Gasteiger partial charge in [0.15, 0.2) is 11.2 Å². The van der Waals surface area contributed by atoms with Gasteiger partial charge in [-0.05, 0) is 28.9 Å². The fourth-order valence-electron chi connectivity index (χ4n) is 1.26. The smallest absolute Gasteiger partial charge is 0.363 e. The highest BCUT2D eigenvalue weighted by atomic mass is 79.9. The number of fused-ring (bicyclic) bond motifs is 1. The Morgan fingerprint density at radius 2 is 2.06 bits per heavy atom. The normalized spacial score (nSPS) is 10.6. The Morgan fingerprint density at radius 1 is 1.44 bits per heavy atom. The quantitative estimate of drug-likeness (QED) is 0.625. The van der Waals surface area contributed by atoms with Crippen LogP contribution >= 0.6 is 28.1 Å². The molecule has 0 aliphatic carbocycles. The third kappa shape index (κ3) is 2.03. The monoisotopic (exact) mass is 302 g/mol.